The van der Waals surface area contributed by atoms with Gasteiger partial charge in [0, 0.05) is 16.5 Å². The number of hydrazine groups is 1. The summed E-state index contributed by atoms with van der Waals surface area (Å²) in [6.45, 7) is 1.80. The summed E-state index contributed by atoms with van der Waals surface area (Å²) < 4.78 is 13.8. The molecule has 0 bridgehead atoms. The third-order valence-electron chi connectivity index (χ3n) is 3.52. The Kier molecular flexibility index (Phi) is 4.85. The van der Waals surface area contributed by atoms with Crippen molar-refractivity contribution >= 4 is 23.2 Å². The van der Waals surface area contributed by atoms with Crippen LogP contribution < -0.4 is 10.9 Å². The highest BCUT2D eigenvalue weighted by Gasteiger charge is 2.15. The van der Waals surface area contributed by atoms with Crippen LogP contribution in [-0.2, 0) is 0 Å². The molecule has 0 unspecified atom stereocenters. The fourth-order valence-corrected chi connectivity index (χ4v) is 3.04. The molecule has 1 aromatic heterocycles. The van der Waals surface area contributed by atoms with Crippen LogP contribution in [0.25, 0.3) is 10.6 Å². The molecule has 0 fully saturated rings. The predicted molar refractivity (Wildman–Crippen MR) is 93.6 cm³/mol. The van der Waals surface area contributed by atoms with E-state index >= 15 is 0 Å². The minimum Gasteiger partial charge on any atom is -0.267 e. The summed E-state index contributed by atoms with van der Waals surface area (Å²) in [4.78, 5) is 28.3. The normalized spacial score (nSPS) is 10.3. The lowest BCUT2D eigenvalue weighted by atomic mass is 10.1. The summed E-state index contributed by atoms with van der Waals surface area (Å²) in [6.07, 6.45) is 0. The van der Waals surface area contributed by atoms with E-state index in [2.05, 4.69) is 15.8 Å². The van der Waals surface area contributed by atoms with Crippen LogP contribution in [0.5, 0.6) is 0 Å². The molecular formula is C18H14FN3O2S. The van der Waals surface area contributed by atoms with Crippen LogP contribution >= 0.6 is 11.3 Å². The third kappa shape index (κ3) is 3.72. The summed E-state index contributed by atoms with van der Waals surface area (Å²) in [5.41, 5.74) is 6.36. The number of hydrogen-bond acceptors (Lipinski definition) is 4. The second-order valence-corrected chi connectivity index (χ2v) is 6.10. The van der Waals surface area contributed by atoms with Crippen molar-refractivity contribution in [3.63, 3.8) is 0 Å². The number of thiazole rings is 1. The summed E-state index contributed by atoms with van der Waals surface area (Å²) >= 11 is 1.15. The van der Waals surface area contributed by atoms with Crippen molar-refractivity contribution in [2.75, 3.05) is 0 Å². The first kappa shape index (κ1) is 16.8. The van der Waals surface area contributed by atoms with E-state index in [1.807, 2.05) is 6.07 Å². The van der Waals surface area contributed by atoms with Crippen LogP contribution in [0.3, 0.4) is 0 Å². The quantitative estimate of drug-likeness (QED) is 0.708. The van der Waals surface area contributed by atoms with Gasteiger partial charge in [-0.1, -0.05) is 30.3 Å². The maximum absolute atomic E-state index is 13.8. The molecule has 7 heteroatoms. The van der Waals surface area contributed by atoms with E-state index in [4.69, 9.17) is 0 Å². The second-order valence-electron chi connectivity index (χ2n) is 5.24. The van der Waals surface area contributed by atoms with Gasteiger partial charge in [0.2, 0.25) is 0 Å². The van der Waals surface area contributed by atoms with Gasteiger partial charge in [-0.25, -0.2) is 9.37 Å². The van der Waals surface area contributed by atoms with Crippen molar-refractivity contribution in [3.8, 4) is 10.6 Å². The third-order valence-corrected chi connectivity index (χ3v) is 4.40. The van der Waals surface area contributed by atoms with Gasteiger partial charge in [-0.05, 0) is 30.7 Å². The molecule has 5 nitrogen and oxygen atoms in total. The molecule has 0 aliphatic carbocycles. The van der Waals surface area contributed by atoms with E-state index in [0.29, 0.717) is 16.1 Å². The van der Waals surface area contributed by atoms with Gasteiger partial charge in [0.25, 0.3) is 11.8 Å². The van der Waals surface area contributed by atoms with Gasteiger partial charge in [-0.2, -0.15) is 0 Å². The number of carbonyl (C=O) groups is 2. The first-order valence-electron chi connectivity index (χ1n) is 7.43. The van der Waals surface area contributed by atoms with Crippen molar-refractivity contribution in [3.05, 3.63) is 76.5 Å². The number of nitrogens with one attached hydrogen (secondary N) is 2. The second kappa shape index (κ2) is 7.23. The van der Waals surface area contributed by atoms with Gasteiger partial charge in [-0.3, -0.25) is 20.4 Å². The van der Waals surface area contributed by atoms with E-state index < -0.39 is 17.6 Å². The summed E-state index contributed by atoms with van der Waals surface area (Å²) in [5, 5.41) is 1.91. The minimum atomic E-state index is -0.569. The molecule has 2 N–H and O–H groups in total. The molecule has 2 aromatic carbocycles. The molecule has 0 atom stereocenters. The zero-order chi connectivity index (χ0) is 17.8. The van der Waals surface area contributed by atoms with Crippen LogP contribution in [0.2, 0.25) is 0 Å². The monoisotopic (exact) mass is 355 g/mol. The number of benzene rings is 2. The van der Waals surface area contributed by atoms with Gasteiger partial charge in [0.05, 0.1) is 0 Å². The fraction of sp³-hybridized carbons (Fsp3) is 0.0556. The number of amides is 2. The number of hydrogen-bond donors (Lipinski definition) is 2. The van der Waals surface area contributed by atoms with Crippen LogP contribution in [0, 0.1) is 12.7 Å². The van der Waals surface area contributed by atoms with E-state index in [9.17, 15) is 14.0 Å². The average molecular weight is 355 g/mol. The van der Waals surface area contributed by atoms with E-state index in [1.165, 1.54) is 11.4 Å². The van der Waals surface area contributed by atoms with Gasteiger partial charge in [-0.15, -0.1) is 11.3 Å². The average Bonchev–Trinajstić information content (AvgIpc) is 3.10. The highest BCUT2D eigenvalue weighted by Crippen LogP contribution is 2.25. The van der Waals surface area contributed by atoms with Crippen LogP contribution in [0.4, 0.5) is 4.39 Å². The number of carbonyl (C=O) groups excluding carboxylic acids is 2. The Bertz CT molecular complexity index is 939. The topological polar surface area (TPSA) is 71.1 Å². The lowest BCUT2D eigenvalue weighted by molar-refractivity contribution is 0.0844. The molecule has 0 aliphatic rings. The van der Waals surface area contributed by atoms with Crippen molar-refractivity contribution in [2.24, 2.45) is 0 Å². The lowest BCUT2D eigenvalue weighted by Gasteiger charge is -2.07. The van der Waals surface area contributed by atoms with Gasteiger partial charge >= 0.3 is 0 Å². The molecule has 0 aliphatic heterocycles. The van der Waals surface area contributed by atoms with Gasteiger partial charge < -0.3 is 0 Å². The van der Waals surface area contributed by atoms with E-state index in [0.717, 1.165) is 16.9 Å². The summed E-state index contributed by atoms with van der Waals surface area (Å²) in [5.74, 6) is -1.39. The largest absolute Gasteiger partial charge is 0.289 e. The Morgan fingerprint density at radius 1 is 1.00 bits per heavy atom. The van der Waals surface area contributed by atoms with Crippen LogP contribution in [0.15, 0.2) is 53.9 Å². The summed E-state index contributed by atoms with van der Waals surface area (Å²) in [6, 6.07) is 13.2. The number of halogens is 1. The molecule has 3 rings (SSSR count). The number of rotatable bonds is 3. The molecule has 0 radical (unpaired) electrons. The van der Waals surface area contributed by atoms with Gasteiger partial charge in [0.15, 0.2) is 0 Å². The maximum atomic E-state index is 13.8. The Morgan fingerprint density at radius 2 is 1.68 bits per heavy atom. The highest BCUT2D eigenvalue weighted by molar-refractivity contribution is 7.13. The van der Waals surface area contributed by atoms with Crippen molar-refractivity contribution in [1.82, 2.24) is 15.8 Å². The number of aryl methyl sites for hydroxylation is 1. The number of nitrogens with zero attached hydrogens (tertiary/aromatic N) is 1. The molecule has 0 saturated heterocycles. The molecule has 3 aromatic rings. The lowest BCUT2D eigenvalue weighted by Crippen LogP contribution is -2.42. The number of aromatic nitrogens is 1. The molecule has 126 valence electrons. The minimum absolute atomic E-state index is 0.105. The van der Waals surface area contributed by atoms with Crippen molar-refractivity contribution in [1.29, 1.82) is 0 Å². The maximum Gasteiger partial charge on any atom is 0.289 e. The van der Waals surface area contributed by atoms with Crippen molar-refractivity contribution in [2.45, 2.75) is 6.92 Å². The highest BCUT2D eigenvalue weighted by atomic mass is 32.1. The van der Waals surface area contributed by atoms with Crippen molar-refractivity contribution < 1.29 is 14.0 Å². The molecule has 2 amide bonds. The smallest absolute Gasteiger partial charge is 0.267 e. The Balaban J connectivity index is 1.68. The molecular weight excluding hydrogens is 341 g/mol. The standard InChI is InChI=1S/C18H14FN3O2S/c1-11-6-2-3-7-12(11)16(23)21-22-17(24)15-10-25-18(20-15)13-8-4-5-9-14(13)19/h2-10H,1H3,(H,21,23)(H,22,24). The summed E-state index contributed by atoms with van der Waals surface area (Å²) in [7, 11) is 0. The van der Waals surface area contributed by atoms with E-state index in [1.54, 1.807) is 43.3 Å². The Hall–Kier alpha value is -3.06. The molecule has 25 heavy (non-hydrogen) atoms. The van der Waals surface area contributed by atoms with E-state index in [-0.39, 0.29) is 5.69 Å². The van der Waals surface area contributed by atoms with Crippen LogP contribution in [0.1, 0.15) is 26.4 Å². The first-order valence-corrected chi connectivity index (χ1v) is 8.31. The first-order chi connectivity index (χ1) is 12.1. The molecule has 0 spiro atoms. The Morgan fingerprint density at radius 3 is 2.44 bits per heavy atom. The zero-order valence-corrected chi connectivity index (χ0v) is 14.1. The van der Waals surface area contributed by atoms with Crippen LogP contribution in [-0.4, -0.2) is 16.8 Å². The molecule has 0 saturated carbocycles. The SMILES string of the molecule is Cc1ccccc1C(=O)NNC(=O)c1csc(-c2ccccc2F)n1. The Labute approximate surface area is 147 Å². The van der Waals surface area contributed by atoms with Gasteiger partial charge in [0.1, 0.15) is 16.5 Å². The molecule has 1 heterocycles. The zero-order valence-electron chi connectivity index (χ0n) is 13.2. The predicted octanol–water partition coefficient (Wildman–Crippen LogP) is 3.33. The fourth-order valence-electron chi connectivity index (χ4n) is 2.21.